The van der Waals surface area contributed by atoms with E-state index in [1.807, 2.05) is 0 Å². The Kier molecular flexibility index (Phi) is 5.06. The molecule has 1 aromatic rings. The number of halogens is 1. The number of carbonyl (C=O) groups is 2. The van der Waals surface area contributed by atoms with Crippen LogP contribution < -0.4 is 16.8 Å². The lowest BCUT2D eigenvalue weighted by Gasteiger charge is -2.06. The standard InChI is InChI=1S/C11H14FN3O3/c12-9-5-7(10(13)16)1-2-8(9)6-15-3-4-18-11(14)17/h1-2,5,15H,3-4,6H2,(H2,13,16)(H2,14,17). The topological polar surface area (TPSA) is 107 Å². The first-order valence-corrected chi connectivity index (χ1v) is 5.22. The number of primary amides is 2. The Morgan fingerprint density at radius 3 is 2.61 bits per heavy atom. The Labute approximate surface area is 103 Å². The van der Waals surface area contributed by atoms with E-state index in [2.05, 4.69) is 10.1 Å². The van der Waals surface area contributed by atoms with Crippen molar-refractivity contribution in [1.82, 2.24) is 5.32 Å². The number of hydrogen-bond acceptors (Lipinski definition) is 4. The molecule has 2 amide bonds. The summed E-state index contributed by atoms with van der Waals surface area (Å²) < 4.78 is 18.0. The maximum atomic E-state index is 13.5. The second-order valence-corrected chi connectivity index (χ2v) is 3.51. The molecule has 7 heteroatoms. The fraction of sp³-hybridized carbons (Fsp3) is 0.273. The van der Waals surface area contributed by atoms with E-state index in [-0.39, 0.29) is 18.7 Å². The molecule has 0 saturated heterocycles. The number of amides is 2. The lowest BCUT2D eigenvalue weighted by molar-refractivity contribution is 0.0999. The second-order valence-electron chi connectivity index (χ2n) is 3.51. The van der Waals surface area contributed by atoms with Gasteiger partial charge in [0.05, 0.1) is 0 Å². The van der Waals surface area contributed by atoms with Crippen molar-refractivity contribution in [1.29, 1.82) is 0 Å². The molecule has 0 bridgehead atoms. The summed E-state index contributed by atoms with van der Waals surface area (Å²) in [6, 6.07) is 4.00. The van der Waals surface area contributed by atoms with E-state index >= 15 is 0 Å². The summed E-state index contributed by atoms with van der Waals surface area (Å²) in [5.74, 6) is -1.20. The molecular weight excluding hydrogens is 241 g/mol. The molecule has 0 aliphatic carbocycles. The van der Waals surface area contributed by atoms with Gasteiger partial charge in [-0.2, -0.15) is 0 Å². The highest BCUT2D eigenvalue weighted by atomic mass is 19.1. The van der Waals surface area contributed by atoms with E-state index < -0.39 is 17.8 Å². The summed E-state index contributed by atoms with van der Waals surface area (Å²) in [6.45, 7) is 0.698. The van der Waals surface area contributed by atoms with Crippen LogP contribution in [-0.2, 0) is 11.3 Å². The van der Waals surface area contributed by atoms with Gasteiger partial charge in [0.25, 0.3) is 0 Å². The maximum absolute atomic E-state index is 13.5. The number of ether oxygens (including phenoxy) is 1. The van der Waals surface area contributed by atoms with Crippen molar-refractivity contribution in [3.05, 3.63) is 35.1 Å². The zero-order valence-corrected chi connectivity index (χ0v) is 9.61. The summed E-state index contributed by atoms with van der Waals surface area (Å²) in [5.41, 5.74) is 10.3. The van der Waals surface area contributed by atoms with Crippen LogP contribution in [0.4, 0.5) is 9.18 Å². The van der Waals surface area contributed by atoms with Crippen LogP contribution in [0.1, 0.15) is 15.9 Å². The third-order valence-corrected chi connectivity index (χ3v) is 2.18. The van der Waals surface area contributed by atoms with E-state index in [4.69, 9.17) is 11.5 Å². The quantitative estimate of drug-likeness (QED) is 0.627. The SMILES string of the molecule is NC(=O)OCCNCc1ccc(C(N)=O)cc1F. The molecule has 0 heterocycles. The molecule has 1 aromatic carbocycles. The number of hydrogen-bond donors (Lipinski definition) is 3. The monoisotopic (exact) mass is 255 g/mol. The molecular formula is C11H14FN3O3. The number of carbonyl (C=O) groups excluding carboxylic acids is 2. The van der Waals surface area contributed by atoms with Crippen LogP contribution in [0.3, 0.4) is 0 Å². The van der Waals surface area contributed by atoms with Crippen molar-refractivity contribution in [3.63, 3.8) is 0 Å². The van der Waals surface area contributed by atoms with E-state index in [0.717, 1.165) is 6.07 Å². The van der Waals surface area contributed by atoms with Crippen LogP contribution >= 0.6 is 0 Å². The molecule has 0 fully saturated rings. The number of rotatable bonds is 6. The smallest absolute Gasteiger partial charge is 0.404 e. The highest BCUT2D eigenvalue weighted by Crippen LogP contribution is 2.09. The van der Waals surface area contributed by atoms with Crippen molar-refractivity contribution in [2.75, 3.05) is 13.2 Å². The van der Waals surface area contributed by atoms with E-state index in [0.29, 0.717) is 12.1 Å². The van der Waals surface area contributed by atoms with Crippen LogP contribution in [0.5, 0.6) is 0 Å². The third-order valence-electron chi connectivity index (χ3n) is 2.18. The first-order chi connectivity index (χ1) is 8.50. The Morgan fingerprint density at radius 2 is 2.06 bits per heavy atom. The van der Waals surface area contributed by atoms with Crippen molar-refractivity contribution in [3.8, 4) is 0 Å². The van der Waals surface area contributed by atoms with Gasteiger partial charge in [-0.1, -0.05) is 6.07 Å². The largest absolute Gasteiger partial charge is 0.448 e. The molecule has 0 aliphatic rings. The normalized spacial score (nSPS) is 10.1. The number of benzene rings is 1. The highest BCUT2D eigenvalue weighted by Gasteiger charge is 2.06. The molecule has 0 radical (unpaired) electrons. The predicted molar refractivity (Wildman–Crippen MR) is 62.2 cm³/mol. The van der Waals surface area contributed by atoms with Crippen LogP contribution in [0.25, 0.3) is 0 Å². The van der Waals surface area contributed by atoms with E-state index in [1.54, 1.807) is 0 Å². The van der Waals surface area contributed by atoms with Crippen LogP contribution in [0.15, 0.2) is 18.2 Å². The van der Waals surface area contributed by atoms with E-state index in [9.17, 15) is 14.0 Å². The Hall–Kier alpha value is -2.15. The average Bonchev–Trinajstić information content (AvgIpc) is 2.29. The molecule has 0 spiro atoms. The van der Waals surface area contributed by atoms with E-state index in [1.165, 1.54) is 12.1 Å². The summed E-state index contributed by atoms with van der Waals surface area (Å²) in [6.07, 6.45) is -0.853. The minimum atomic E-state index is -0.853. The summed E-state index contributed by atoms with van der Waals surface area (Å²) in [7, 11) is 0. The molecule has 1 rings (SSSR count). The van der Waals surface area contributed by atoms with Gasteiger partial charge >= 0.3 is 6.09 Å². The van der Waals surface area contributed by atoms with Gasteiger partial charge < -0.3 is 21.5 Å². The molecule has 0 atom stereocenters. The lowest BCUT2D eigenvalue weighted by atomic mass is 10.1. The Morgan fingerprint density at radius 1 is 1.33 bits per heavy atom. The second kappa shape index (κ2) is 6.55. The predicted octanol–water partition coefficient (Wildman–Crippen LogP) is 0.110. The highest BCUT2D eigenvalue weighted by molar-refractivity contribution is 5.92. The maximum Gasteiger partial charge on any atom is 0.404 e. The first kappa shape index (κ1) is 13.9. The molecule has 18 heavy (non-hydrogen) atoms. The summed E-state index contributed by atoms with van der Waals surface area (Å²) >= 11 is 0. The van der Waals surface area contributed by atoms with Gasteiger partial charge in [-0.25, -0.2) is 9.18 Å². The number of nitrogens with two attached hydrogens (primary N) is 2. The van der Waals surface area contributed by atoms with Gasteiger partial charge in [0.1, 0.15) is 12.4 Å². The molecule has 0 saturated carbocycles. The zero-order valence-electron chi connectivity index (χ0n) is 9.61. The van der Waals surface area contributed by atoms with Gasteiger partial charge in [-0.15, -0.1) is 0 Å². The molecule has 6 nitrogen and oxygen atoms in total. The van der Waals surface area contributed by atoms with Crippen molar-refractivity contribution in [2.24, 2.45) is 11.5 Å². The molecule has 0 aromatic heterocycles. The zero-order chi connectivity index (χ0) is 13.5. The van der Waals surface area contributed by atoms with Crippen LogP contribution in [0.2, 0.25) is 0 Å². The molecule has 0 aliphatic heterocycles. The van der Waals surface area contributed by atoms with Gasteiger partial charge in [-0.05, 0) is 12.1 Å². The summed E-state index contributed by atoms with van der Waals surface area (Å²) in [5, 5.41) is 2.86. The average molecular weight is 255 g/mol. The summed E-state index contributed by atoms with van der Waals surface area (Å²) in [4.78, 5) is 21.1. The fourth-order valence-corrected chi connectivity index (χ4v) is 1.29. The van der Waals surface area contributed by atoms with Crippen molar-refractivity contribution in [2.45, 2.75) is 6.54 Å². The first-order valence-electron chi connectivity index (χ1n) is 5.22. The van der Waals surface area contributed by atoms with Crippen molar-refractivity contribution < 1.29 is 18.7 Å². The Bertz CT molecular complexity index is 451. The van der Waals surface area contributed by atoms with Gasteiger partial charge in [0.15, 0.2) is 0 Å². The lowest BCUT2D eigenvalue weighted by Crippen LogP contribution is -2.23. The number of nitrogens with one attached hydrogen (secondary N) is 1. The van der Waals surface area contributed by atoms with Crippen LogP contribution in [-0.4, -0.2) is 25.2 Å². The van der Waals surface area contributed by atoms with Crippen LogP contribution in [0, 0.1) is 5.82 Å². The molecule has 98 valence electrons. The van der Waals surface area contributed by atoms with Gasteiger partial charge in [0.2, 0.25) is 5.91 Å². The molecule has 5 N–H and O–H groups in total. The van der Waals surface area contributed by atoms with Gasteiger partial charge in [-0.3, -0.25) is 4.79 Å². The minimum Gasteiger partial charge on any atom is -0.448 e. The Balaban J connectivity index is 2.43. The van der Waals surface area contributed by atoms with Gasteiger partial charge in [0, 0.05) is 24.2 Å². The third kappa shape index (κ3) is 4.38. The van der Waals surface area contributed by atoms with Crippen molar-refractivity contribution >= 4 is 12.0 Å². The molecule has 0 unspecified atom stereocenters. The fourth-order valence-electron chi connectivity index (χ4n) is 1.29. The minimum absolute atomic E-state index is 0.107.